The Labute approximate surface area is 154 Å². The summed E-state index contributed by atoms with van der Waals surface area (Å²) in [5.41, 5.74) is 0. The van der Waals surface area contributed by atoms with E-state index in [1.165, 1.54) is 19.3 Å². The third-order valence-electron chi connectivity index (χ3n) is 5.48. The smallest absolute Gasteiger partial charge is 0.319 e. The molecule has 8 heteroatoms. The van der Waals surface area contributed by atoms with Crippen molar-refractivity contribution >= 4 is 11.9 Å². The van der Waals surface area contributed by atoms with Gasteiger partial charge < -0.3 is 19.7 Å². The van der Waals surface area contributed by atoms with E-state index in [1.807, 2.05) is 0 Å². The van der Waals surface area contributed by atoms with Crippen molar-refractivity contribution in [3.63, 3.8) is 0 Å². The van der Waals surface area contributed by atoms with Crippen LogP contribution in [-0.2, 0) is 11.3 Å². The van der Waals surface area contributed by atoms with E-state index in [2.05, 4.69) is 20.1 Å². The van der Waals surface area contributed by atoms with Crippen molar-refractivity contribution in [1.29, 1.82) is 0 Å². The van der Waals surface area contributed by atoms with Crippen LogP contribution in [0.4, 0.5) is 4.79 Å². The molecule has 2 aliphatic rings. The maximum atomic E-state index is 12.6. The number of piperidine rings is 1. The van der Waals surface area contributed by atoms with E-state index in [-0.39, 0.29) is 17.9 Å². The quantitative estimate of drug-likeness (QED) is 0.885. The average Bonchev–Trinajstić information content (AvgIpc) is 3.14. The van der Waals surface area contributed by atoms with Crippen LogP contribution in [0.5, 0.6) is 0 Å². The Balaban J connectivity index is 1.54. The molecule has 0 radical (unpaired) electrons. The number of aromatic nitrogens is 3. The van der Waals surface area contributed by atoms with Gasteiger partial charge in [0.25, 0.3) is 0 Å². The number of carbonyl (C=O) groups excluding carboxylic acids is 2. The van der Waals surface area contributed by atoms with Gasteiger partial charge in [-0.15, -0.1) is 10.2 Å². The molecule has 1 saturated heterocycles. The second-order valence-corrected chi connectivity index (χ2v) is 7.63. The van der Waals surface area contributed by atoms with Gasteiger partial charge >= 0.3 is 6.03 Å². The fraction of sp³-hybridized carbons (Fsp3) is 0.778. The number of hydrogen-bond acceptors (Lipinski definition) is 4. The average molecular weight is 362 g/mol. The number of urea groups is 1. The molecule has 0 spiro atoms. The zero-order valence-corrected chi connectivity index (χ0v) is 15.9. The van der Waals surface area contributed by atoms with E-state index in [9.17, 15) is 9.59 Å². The third kappa shape index (κ3) is 4.34. The number of amides is 3. The molecule has 0 bridgehead atoms. The predicted molar refractivity (Wildman–Crippen MR) is 97.4 cm³/mol. The van der Waals surface area contributed by atoms with Crippen LogP contribution in [0.15, 0.2) is 6.33 Å². The first-order valence-electron chi connectivity index (χ1n) is 9.68. The van der Waals surface area contributed by atoms with Gasteiger partial charge in [0.05, 0.1) is 12.5 Å². The summed E-state index contributed by atoms with van der Waals surface area (Å²) in [7, 11) is 3.48. The molecule has 1 saturated carbocycles. The van der Waals surface area contributed by atoms with Crippen LogP contribution in [0.2, 0.25) is 0 Å². The Morgan fingerprint density at radius 3 is 2.69 bits per heavy atom. The van der Waals surface area contributed by atoms with Crippen molar-refractivity contribution in [3.05, 3.63) is 12.2 Å². The molecule has 3 rings (SSSR count). The van der Waals surface area contributed by atoms with Crippen molar-refractivity contribution in [1.82, 2.24) is 29.9 Å². The van der Waals surface area contributed by atoms with E-state index in [4.69, 9.17) is 0 Å². The van der Waals surface area contributed by atoms with Gasteiger partial charge in [0, 0.05) is 33.2 Å². The Hall–Kier alpha value is -2.12. The summed E-state index contributed by atoms with van der Waals surface area (Å²) in [6.45, 7) is 1.60. The Morgan fingerprint density at radius 1 is 1.19 bits per heavy atom. The fourth-order valence-corrected chi connectivity index (χ4v) is 4.02. The fourth-order valence-electron chi connectivity index (χ4n) is 4.02. The lowest BCUT2D eigenvalue weighted by atomic mass is 9.95. The lowest BCUT2D eigenvalue weighted by Crippen LogP contribution is -2.48. The normalized spacial score (nSPS) is 21.5. The highest BCUT2D eigenvalue weighted by molar-refractivity contribution is 5.80. The van der Waals surface area contributed by atoms with E-state index in [1.54, 1.807) is 30.2 Å². The summed E-state index contributed by atoms with van der Waals surface area (Å²) in [5.74, 6) is 0.667. The number of nitrogens with zero attached hydrogens (tertiary/aromatic N) is 5. The first-order valence-corrected chi connectivity index (χ1v) is 9.68. The summed E-state index contributed by atoms with van der Waals surface area (Å²) in [4.78, 5) is 28.1. The van der Waals surface area contributed by atoms with E-state index in [0.717, 1.165) is 38.1 Å². The standard InChI is InChI=1S/C18H30N6O2/c1-22(2)18(26)23-10-6-7-14(12-23)17(25)19-11-16-21-20-13-24(16)15-8-4-3-5-9-15/h13-15H,3-12H2,1-2H3,(H,19,25). The zero-order chi connectivity index (χ0) is 18.5. The summed E-state index contributed by atoms with van der Waals surface area (Å²) < 4.78 is 2.13. The first-order chi connectivity index (χ1) is 12.6. The third-order valence-corrected chi connectivity index (χ3v) is 5.48. The van der Waals surface area contributed by atoms with Gasteiger partial charge in [0.2, 0.25) is 5.91 Å². The molecule has 1 aromatic rings. The molecule has 1 aliphatic carbocycles. The molecule has 1 aromatic heterocycles. The SMILES string of the molecule is CN(C)C(=O)N1CCCC(C(=O)NCc2nncn2C2CCCCC2)C1. The summed E-state index contributed by atoms with van der Waals surface area (Å²) in [6.07, 6.45) is 9.56. The molecule has 1 N–H and O–H groups in total. The number of likely N-dealkylation sites (tertiary alicyclic amines) is 1. The van der Waals surface area contributed by atoms with E-state index < -0.39 is 0 Å². The molecule has 3 amide bonds. The maximum absolute atomic E-state index is 12.6. The molecule has 8 nitrogen and oxygen atoms in total. The van der Waals surface area contributed by atoms with Crippen LogP contribution in [0.3, 0.4) is 0 Å². The van der Waals surface area contributed by atoms with Gasteiger partial charge in [0.1, 0.15) is 6.33 Å². The lowest BCUT2D eigenvalue weighted by molar-refractivity contribution is -0.126. The van der Waals surface area contributed by atoms with Crippen molar-refractivity contribution in [2.45, 2.75) is 57.5 Å². The minimum atomic E-state index is -0.154. The number of hydrogen-bond donors (Lipinski definition) is 1. The second kappa shape index (κ2) is 8.51. The van der Waals surface area contributed by atoms with Gasteiger partial charge in [-0.25, -0.2) is 4.79 Å². The minimum Gasteiger partial charge on any atom is -0.348 e. The molecule has 144 valence electrons. The van der Waals surface area contributed by atoms with E-state index >= 15 is 0 Å². The van der Waals surface area contributed by atoms with Crippen LogP contribution < -0.4 is 5.32 Å². The number of nitrogens with one attached hydrogen (secondary N) is 1. The van der Waals surface area contributed by atoms with Crippen LogP contribution >= 0.6 is 0 Å². The second-order valence-electron chi connectivity index (χ2n) is 7.63. The van der Waals surface area contributed by atoms with Gasteiger partial charge in [-0.3, -0.25) is 4.79 Å². The molecule has 1 unspecified atom stereocenters. The Bertz CT molecular complexity index is 623. The van der Waals surface area contributed by atoms with E-state index in [0.29, 0.717) is 19.1 Å². The number of rotatable bonds is 4. The van der Waals surface area contributed by atoms with Crippen LogP contribution in [-0.4, -0.2) is 63.7 Å². The Kier molecular flexibility index (Phi) is 6.11. The van der Waals surface area contributed by atoms with Crippen molar-refractivity contribution < 1.29 is 9.59 Å². The van der Waals surface area contributed by atoms with Crippen LogP contribution in [0.25, 0.3) is 0 Å². The highest BCUT2D eigenvalue weighted by atomic mass is 16.2. The topological polar surface area (TPSA) is 83.4 Å². The monoisotopic (exact) mass is 362 g/mol. The van der Waals surface area contributed by atoms with Gasteiger partial charge in [-0.2, -0.15) is 0 Å². The highest BCUT2D eigenvalue weighted by Crippen LogP contribution is 2.28. The van der Waals surface area contributed by atoms with Crippen LogP contribution in [0.1, 0.15) is 56.8 Å². The van der Waals surface area contributed by atoms with Crippen molar-refractivity contribution in [2.24, 2.45) is 5.92 Å². The van der Waals surface area contributed by atoms with Crippen LogP contribution in [0, 0.1) is 5.92 Å². The molecule has 1 aliphatic heterocycles. The molecule has 1 atom stereocenters. The lowest BCUT2D eigenvalue weighted by Gasteiger charge is -2.33. The highest BCUT2D eigenvalue weighted by Gasteiger charge is 2.29. The van der Waals surface area contributed by atoms with Gasteiger partial charge in [-0.1, -0.05) is 19.3 Å². The molecule has 2 heterocycles. The van der Waals surface area contributed by atoms with Gasteiger partial charge in [0.15, 0.2) is 5.82 Å². The first kappa shape index (κ1) is 18.7. The zero-order valence-electron chi connectivity index (χ0n) is 15.9. The molecular weight excluding hydrogens is 332 g/mol. The molecule has 26 heavy (non-hydrogen) atoms. The van der Waals surface area contributed by atoms with Crippen molar-refractivity contribution in [3.8, 4) is 0 Å². The summed E-state index contributed by atoms with van der Waals surface area (Å²) in [5, 5.41) is 11.3. The largest absolute Gasteiger partial charge is 0.348 e. The Morgan fingerprint density at radius 2 is 1.96 bits per heavy atom. The molecule has 0 aromatic carbocycles. The van der Waals surface area contributed by atoms with Gasteiger partial charge in [-0.05, 0) is 25.7 Å². The summed E-state index contributed by atoms with van der Waals surface area (Å²) in [6, 6.07) is 0.424. The molecule has 2 fully saturated rings. The minimum absolute atomic E-state index is 0.000509. The number of carbonyl (C=O) groups is 2. The van der Waals surface area contributed by atoms with Crippen molar-refractivity contribution in [2.75, 3.05) is 27.2 Å². The summed E-state index contributed by atoms with van der Waals surface area (Å²) >= 11 is 0. The molecular formula is C18H30N6O2. The predicted octanol–water partition coefficient (Wildman–Crippen LogP) is 1.79. The maximum Gasteiger partial charge on any atom is 0.319 e.